The molecule has 0 radical (unpaired) electrons. The lowest BCUT2D eigenvalue weighted by molar-refractivity contribution is 0.384. The summed E-state index contributed by atoms with van der Waals surface area (Å²) in [6.07, 6.45) is 3.92. The molecule has 0 saturated carbocycles. The van der Waals surface area contributed by atoms with Crippen molar-refractivity contribution in [3.8, 4) is 0 Å². The molecule has 17 heavy (non-hydrogen) atoms. The lowest BCUT2D eigenvalue weighted by Crippen LogP contribution is -2.18. The fraction of sp³-hybridized carbons (Fsp3) is 0.545. The number of rotatable bonds is 5. The molecule has 0 amide bonds. The molecule has 2 aromatic rings. The zero-order valence-corrected chi connectivity index (χ0v) is 10.3. The Hall–Kier alpha value is -1.69. The molecule has 0 aromatic carbocycles. The molecule has 0 aliphatic carbocycles. The second-order valence-corrected chi connectivity index (χ2v) is 3.96. The molecule has 0 fully saturated rings. The van der Waals surface area contributed by atoms with Crippen molar-refractivity contribution < 1.29 is 4.52 Å². The van der Waals surface area contributed by atoms with Crippen molar-refractivity contribution in [3.63, 3.8) is 0 Å². The van der Waals surface area contributed by atoms with Gasteiger partial charge in [-0.25, -0.2) is 0 Å². The Morgan fingerprint density at radius 3 is 2.94 bits per heavy atom. The van der Waals surface area contributed by atoms with Crippen LogP contribution in [-0.4, -0.2) is 19.9 Å². The van der Waals surface area contributed by atoms with Crippen LogP contribution in [0.4, 0.5) is 0 Å². The van der Waals surface area contributed by atoms with Gasteiger partial charge in [-0.2, -0.15) is 10.1 Å². The fourth-order valence-corrected chi connectivity index (χ4v) is 1.55. The molecule has 1 unspecified atom stereocenters. The van der Waals surface area contributed by atoms with Gasteiger partial charge in [-0.1, -0.05) is 5.16 Å². The lowest BCUT2D eigenvalue weighted by Gasteiger charge is -2.09. The molecular formula is C11H17N5O. The summed E-state index contributed by atoms with van der Waals surface area (Å²) in [4.78, 5) is 4.14. The second-order valence-electron chi connectivity index (χ2n) is 3.96. The third-order valence-electron chi connectivity index (χ3n) is 2.61. The van der Waals surface area contributed by atoms with Gasteiger partial charge in [0.15, 0.2) is 5.82 Å². The predicted molar refractivity (Wildman–Crippen MR) is 62.2 cm³/mol. The molecule has 92 valence electrons. The van der Waals surface area contributed by atoms with Crippen LogP contribution < -0.4 is 5.32 Å². The minimum Gasteiger partial charge on any atom is -0.340 e. The van der Waals surface area contributed by atoms with Gasteiger partial charge in [0.1, 0.15) is 0 Å². The molecule has 0 bridgehead atoms. The first kappa shape index (κ1) is 11.8. The first-order chi connectivity index (χ1) is 8.19. The van der Waals surface area contributed by atoms with Crippen LogP contribution in [0.2, 0.25) is 0 Å². The quantitative estimate of drug-likeness (QED) is 0.849. The Morgan fingerprint density at radius 1 is 1.53 bits per heavy atom. The van der Waals surface area contributed by atoms with E-state index in [1.165, 1.54) is 0 Å². The van der Waals surface area contributed by atoms with Crippen LogP contribution in [0.15, 0.2) is 16.9 Å². The zero-order chi connectivity index (χ0) is 12.3. The highest BCUT2D eigenvalue weighted by Gasteiger charge is 2.09. The molecule has 1 N–H and O–H groups in total. The summed E-state index contributed by atoms with van der Waals surface area (Å²) in [6.45, 7) is 7.42. The van der Waals surface area contributed by atoms with Gasteiger partial charge in [0.05, 0.1) is 12.7 Å². The smallest absolute Gasteiger partial charge is 0.223 e. The molecule has 1 atom stereocenters. The van der Waals surface area contributed by atoms with Gasteiger partial charge < -0.3 is 9.84 Å². The Balaban J connectivity index is 1.90. The SMILES string of the molecule is CCn1cc(C(C)NCc2noc(C)n2)cn1. The van der Waals surface area contributed by atoms with Gasteiger partial charge in [-0.3, -0.25) is 4.68 Å². The maximum atomic E-state index is 4.91. The molecule has 0 saturated heterocycles. The van der Waals surface area contributed by atoms with Crippen LogP contribution in [-0.2, 0) is 13.1 Å². The normalized spacial score (nSPS) is 12.9. The van der Waals surface area contributed by atoms with Crippen LogP contribution in [0, 0.1) is 6.92 Å². The van der Waals surface area contributed by atoms with Gasteiger partial charge in [0.25, 0.3) is 0 Å². The monoisotopic (exact) mass is 235 g/mol. The summed E-state index contributed by atoms with van der Waals surface area (Å²) in [7, 11) is 0. The molecular weight excluding hydrogens is 218 g/mol. The molecule has 2 rings (SSSR count). The van der Waals surface area contributed by atoms with E-state index in [0.29, 0.717) is 18.3 Å². The average molecular weight is 235 g/mol. The summed E-state index contributed by atoms with van der Waals surface area (Å²) in [6, 6.07) is 0.217. The van der Waals surface area contributed by atoms with Crippen molar-refractivity contribution in [2.24, 2.45) is 0 Å². The summed E-state index contributed by atoms with van der Waals surface area (Å²) < 4.78 is 6.82. The van der Waals surface area contributed by atoms with Crippen LogP contribution in [0.5, 0.6) is 0 Å². The zero-order valence-electron chi connectivity index (χ0n) is 10.3. The van der Waals surface area contributed by atoms with Crippen molar-refractivity contribution in [1.82, 2.24) is 25.2 Å². The molecule has 2 heterocycles. The van der Waals surface area contributed by atoms with E-state index in [0.717, 1.165) is 12.1 Å². The van der Waals surface area contributed by atoms with E-state index in [9.17, 15) is 0 Å². The van der Waals surface area contributed by atoms with Crippen LogP contribution in [0.25, 0.3) is 0 Å². The average Bonchev–Trinajstić information content (AvgIpc) is 2.94. The number of aromatic nitrogens is 4. The minimum atomic E-state index is 0.217. The summed E-state index contributed by atoms with van der Waals surface area (Å²) >= 11 is 0. The van der Waals surface area contributed by atoms with Gasteiger partial charge in [-0.05, 0) is 13.8 Å². The van der Waals surface area contributed by atoms with Crippen molar-refractivity contribution in [1.29, 1.82) is 0 Å². The van der Waals surface area contributed by atoms with Gasteiger partial charge >= 0.3 is 0 Å². The first-order valence-electron chi connectivity index (χ1n) is 5.74. The van der Waals surface area contributed by atoms with Crippen LogP contribution in [0.3, 0.4) is 0 Å². The van der Waals surface area contributed by atoms with Gasteiger partial charge in [-0.15, -0.1) is 0 Å². The number of hydrogen-bond acceptors (Lipinski definition) is 5. The maximum Gasteiger partial charge on any atom is 0.223 e. The van der Waals surface area contributed by atoms with Crippen molar-refractivity contribution >= 4 is 0 Å². The lowest BCUT2D eigenvalue weighted by atomic mass is 10.2. The summed E-state index contributed by atoms with van der Waals surface area (Å²) in [5.41, 5.74) is 1.16. The first-order valence-corrected chi connectivity index (χ1v) is 5.74. The van der Waals surface area contributed by atoms with Crippen LogP contribution in [0.1, 0.15) is 37.2 Å². The molecule has 6 heteroatoms. The highest BCUT2D eigenvalue weighted by molar-refractivity contribution is 5.09. The third-order valence-corrected chi connectivity index (χ3v) is 2.61. The highest BCUT2D eigenvalue weighted by atomic mass is 16.5. The van der Waals surface area contributed by atoms with E-state index < -0.39 is 0 Å². The van der Waals surface area contributed by atoms with E-state index >= 15 is 0 Å². The largest absolute Gasteiger partial charge is 0.340 e. The molecule has 6 nitrogen and oxygen atoms in total. The predicted octanol–water partition coefficient (Wildman–Crippen LogP) is 1.45. The Kier molecular flexibility index (Phi) is 3.53. The van der Waals surface area contributed by atoms with E-state index in [4.69, 9.17) is 4.52 Å². The summed E-state index contributed by atoms with van der Waals surface area (Å²) in [5.74, 6) is 1.27. The van der Waals surface area contributed by atoms with Crippen molar-refractivity contribution in [2.75, 3.05) is 0 Å². The van der Waals surface area contributed by atoms with E-state index in [2.05, 4.69) is 34.4 Å². The Labute approximate surface area is 100 Å². The Morgan fingerprint density at radius 2 is 2.35 bits per heavy atom. The second kappa shape index (κ2) is 5.09. The van der Waals surface area contributed by atoms with E-state index in [1.807, 2.05) is 17.1 Å². The molecule has 2 aromatic heterocycles. The minimum absolute atomic E-state index is 0.217. The molecule has 0 aliphatic rings. The van der Waals surface area contributed by atoms with E-state index in [1.54, 1.807) is 6.92 Å². The highest BCUT2D eigenvalue weighted by Crippen LogP contribution is 2.11. The fourth-order valence-electron chi connectivity index (χ4n) is 1.55. The molecule has 0 aliphatic heterocycles. The number of aryl methyl sites for hydroxylation is 2. The maximum absolute atomic E-state index is 4.91. The van der Waals surface area contributed by atoms with Gasteiger partial charge in [0.2, 0.25) is 5.89 Å². The number of nitrogens with one attached hydrogen (secondary N) is 1. The third kappa shape index (κ3) is 2.91. The number of nitrogens with zero attached hydrogens (tertiary/aromatic N) is 4. The molecule has 0 spiro atoms. The van der Waals surface area contributed by atoms with Crippen molar-refractivity contribution in [3.05, 3.63) is 29.7 Å². The standard InChI is InChI=1S/C11H17N5O/c1-4-16-7-10(5-13-16)8(2)12-6-11-14-9(3)17-15-11/h5,7-8,12H,4,6H2,1-3H3. The number of hydrogen-bond donors (Lipinski definition) is 1. The van der Waals surface area contributed by atoms with Crippen molar-refractivity contribution in [2.45, 2.75) is 39.9 Å². The van der Waals surface area contributed by atoms with Gasteiger partial charge in [0, 0.05) is 31.3 Å². The topological polar surface area (TPSA) is 68.8 Å². The Bertz CT molecular complexity index is 476. The van der Waals surface area contributed by atoms with Crippen LogP contribution >= 0.6 is 0 Å². The summed E-state index contributed by atoms with van der Waals surface area (Å²) in [5, 5.41) is 11.4. The van der Waals surface area contributed by atoms with E-state index in [-0.39, 0.29) is 6.04 Å².